The van der Waals surface area contributed by atoms with Crippen molar-refractivity contribution in [2.45, 2.75) is 27.2 Å². The highest BCUT2D eigenvalue weighted by Gasteiger charge is 2.34. The predicted octanol–water partition coefficient (Wildman–Crippen LogP) is 1.24. The molecule has 0 saturated heterocycles. The average molecular weight is 204 g/mol. The molecule has 13 heavy (non-hydrogen) atoms. The minimum atomic E-state index is -0.908. The molecule has 0 aromatic carbocycles. The number of ketones is 1. The maximum Gasteiger partial charge on any atom is 0.202 e. The molecule has 0 unspecified atom stereocenters. The van der Waals surface area contributed by atoms with Crippen molar-refractivity contribution in [2.24, 2.45) is 5.41 Å². The summed E-state index contributed by atoms with van der Waals surface area (Å²) in [6.07, 6.45) is 0.373. The van der Waals surface area contributed by atoms with Crippen LogP contribution in [0.15, 0.2) is 0 Å². The van der Waals surface area contributed by atoms with Crippen molar-refractivity contribution in [3.8, 4) is 0 Å². The van der Waals surface area contributed by atoms with Gasteiger partial charge in [-0.2, -0.15) is 0 Å². The highest BCUT2D eigenvalue weighted by Crippen LogP contribution is 2.26. The molecule has 0 heterocycles. The molecule has 0 bridgehead atoms. The van der Waals surface area contributed by atoms with Crippen LogP contribution >= 0.6 is 11.8 Å². The molecule has 0 atom stereocenters. The maximum atomic E-state index is 11.5. The molecule has 0 rings (SSSR count). The summed E-state index contributed by atoms with van der Waals surface area (Å²) in [4.78, 5) is 22.8. The van der Waals surface area contributed by atoms with E-state index in [9.17, 15) is 9.59 Å². The van der Waals surface area contributed by atoms with Crippen LogP contribution in [0.1, 0.15) is 27.2 Å². The van der Waals surface area contributed by atoms with E-state index in [0.29, 0.717) is 12.2 Å². The van der Waals surface area contributed by atoms with Gasteiger partial charge in [-0.1, -0.05) is 18.7 Å². The van der Waals surface area contributed by atoms with Gasteiger partial charge < -0.3 is 5.11 Å². The third-order valence-corrected chi connectivity index (χ3v) is 3.01. The smallest absolute Gasteiger partial charge is 0.202 e. The number of rotatable bonds is 5. The van der Waals surface area contributed by atoms with E-state index in [2.05, 4.69) is 0 Å². The Kier molecular flexibility index (Phi) is 5.25. The van der Waals surface area contributed by atoms with Gasteiger partial charge in [-0.3, -0.25) is 9.59 Å². The lowest BCUT2D eigenvalue weighted by Gasteiger charge is -2.19. The van der Waals surface area contributed by atoms with E-state index in [1.807, 2.05) is 0 Å². The number of Topliss-reactive ketones (excluding diaryl/α,β-unsaturated/α-hetero) is 1. The summed E-state index contributed by atoms with van der Waals surface area (Å²) < 4.78 is 0. The highest BCUT2D eigenvalue weighted by atomic mass is 32.2. The van der Waals surface area contributed by atoms with Crippen LogP contribution in [0.3, 0.4) is 0 Å². The standard InChI is InChI=1S/C9H16O3S/c1-4-7(11)9(2,3)8(12)13-6-5-10/h10H,4-6H2,1-3H3. The van der Waals surface area contributed by atoms with Gasteiger partial charge in [0, 0.05) is 12.2 Å². The third kappa shape index (κ3) is 3.48. The molecule has 0 aliphatic carbocycles. The molecule has 0 saturated carbocycles. The van der Waals surface area contributed by atoms with Crippen molar-refractivity contribution < 1.29 is 14.7 Å². The van der Waals surface area contributed by atoms with Gasteiger partial charge in [0.1, 0.15) is 5.78 Å². The van der Waals surface area contributed by atoms with Gasteiger partial charge in [-0.15, -0.1) is 0 Å². The van der Waals surface area contributed by atoms with Gasteiger partial charge in [0.25, 0.3) is 0 Å². The topological polar surface area (TPSA) is 54.4 Å². The second-order valence-corrected chi connectivity index (χ2v) is 4.33. The lowest BCUT2D eigenvalue weighted by Crippen LogP contribution is -2.31. The highest BCUT2D eigenvalue weighted by molar-refractivity contribution is 8.13. The monoisotopic (exact) mass is 204 g/mol. The third-order valence-electron chi connectivity index (χ3n) is 1.85. The van der Waals surface area contributed by atoms with Crippen LogP contribution in [-0.4, -0.2) is 28.4 Å². The fraction of sp³-hybridized carbons (Fsp3) is 0.778. The number of carbonyl (C=O) groups is 2. The van der Waals surface area contributed by atoms with Crippen LogP contribution in [0.2, 0.25) is 0 Å². The Morgan fingerprint density at radius 1 is 1.38 bits per heavy atom. The molecule has 0 radical (unpaired) electrons. The van der Waals surface area contributed by atoms with E-state index in [1.54, 1.807) is 20.8 Å². The Morgan fingerprint density at radius 3 is 2.31 bits per heavy atom. The second-order valence-electron chi connectivity index (χ2n) is 3.26. The minimum Gasteiger partial charge on any atom is -0.396 e. The van der Waals surface area contributed by atoms with E-state index in [-0.39, 0.29) is 17.5 Å². The lowest BCUT2D eigenvalue weighted by molar-refractivity contribution is -0.133. The molecule has 0 aromatic heterocycles. The summed E-state index contributed by atoms with van der Waals surface area (Å²) in [6.45, 7) is 4.97. The fourth-order valence-corrected chi connectivity index (χ4v) is 1.63. The molecule has 0 aromatic rings. The van der Waals surface area contributed by atoms with Crippen LogP contribution in [0.4, 0.5) is 0 Å². The van der Waals surface area contributed by atoms with Crippen LogP contribution in [0.25, 0.3) is 0 Å². The van der Waals surface area contributed by atoms with E-state index < -0.39 is 5.41 Å². The largest absolute Gasteiger partial charge is 0.396 e. The number of aliphatic hydroxyl groups excluding tert-OH is 1. The summed E-state index contributed by atoms with van der Waals surface area (Å²) in [5.41, 5.74) is -0.908. The van der Waals surface area contributed by atoms with Gasteiger partial charge in [-0.25, -0.2) is 0 Å². The van der Waals surface area contributed by atoms with Crippen LogP contribution in [0, 0.1) is 5.41 Å². The normalized spacial score (nSPS) is 11.4. The van der Waals surface area contributed by atoms with Crippen molar-refractivity contribution in [3.63, 3.8) is 0 Å². The lowest BCUT2D eigenvalue weighted by atomic mass is 9.88. The summed E-state index contributed by atoms with van der Waals surface area (Å²) in [7, 11) is 0. The quantitative estimate of drug-likeness (QED) is 0.685. The first-order valence-electron chi connectivity index (χ1n) is 4.28. The van der Waals surface area contributed by atoms with Crippen molar-refractivity contribution >= 4 is 22.7 Å². The van der Waals surface area contributed by atoms with E-state index in [4.69, 9.17) is 5.11 Å². The first-order valence-corrected chi connectivity index (χ1v) is 5.26. The van der Waals surface area contributed by atoms with Crippen molar-refractivity contribution in [1.29, 1.82) is 0 Å². The van der Waals surface area contributed by atoms with Gasteiger partial charge in [0.2, 0.25) is 5.12 Å². The van der Waals surface area contributed by atoms with Crippen LogP contribution in [-0.2, 0) is 9.59 Å². The van der Waals surface area contributed by atoms with E-state index in [1.165, 1.54) is 0 Å². The Balaban J connectivity index is 4.27. The van der Waals surface area contributed by atoms with Gasteiger partial charge in [-0.05, 0) is 13.8 Å². The molecule has 4 heteroatoms. The molecule has 0 aliphatic heterocycles. The SMILES string of the molecule is CCC(=O)C(C)(C)C(=O)SCCO. The Labute approximate surface area is 82.9 Å². The van der Waals surface area contributed by atoms with Crippen LogP contribution < -0.4 is 0 Å². The number of thioether (sulfide) groups is 1. The fourth-order valence-electron chi connectivity index (χ4n) is 0.875. The first kappa shape index (κ1) is 12.7. The Morgan fingerprint density at radius 2 is 1.92 bits per heavy atom. The van der Waals surface area contributed by atoms with Gasteiger partial charge in [0.15, 0.2) is 0 Å². The zero-order valence-corrected chi connectivity index (χ0v) is 9.11. The number of carbonyl (C=O) groups excluding carboxylic acids is 2. The average Bonchev–Trinajstić information content (AvgIpc) is 2.12. The van der Waals surface area contributed by atoms with E-state index >= 15 is 0 Å². The zero-order valence-electron chi connectivity index (χ0n) is 8.29. The van der Waals surface area contributed by atoms with Crippen molar-refractivity contribution in [3.05, 3.63) is 0 Å². The molecule has 0 amide bonds. The van der Waals surface area contributed by atoms with E-state index in [0.717, 1.165) is 11.8 Å². The molecule has 1 N–H and O–H groups in total. The molecular formula is C9H16O3S. The summed E-state index contributed by atoms with van der Waals surface area (Å²) in [5, 5.41) is 8.36. The zero-order chi connectivity index (χ0) is 10.5. The molecule has 0 spiro atoms. The second kappa shape index (κ2) is 5.40. The van der Waals surface area contributed by atoms with Gasteiger partial charge in [0.05, 0.1) is 12.0 Å². The summed E-state index contributed by atoms with van der Waals surface area (Å²) in [6, 6.07) is 0. The number of aliphatic hydroxyl groups is 1. The first-order chi connectivity index (χ1) is 5.96. The Bertz CT molecular complexity index is 199. The van der Waals surface area contributed by atoms with Crippen molar-refractivity contribution in [1.82, 2.24) is 0 Å². The minimum absolute atomic E-state index is 0.0349. The maximum absolute atomic E-state index is 11.5. The molecular weight excluding hydrogens is 188 g/mol. The predicted molar refractivity (Wildman–Crippen MR) is 53.6 cm³/mol. The van der Waals surface area contributed by atoms with Gasteiger partial charge >= 0.3 is 0 Å². The molecule has 0 fully saturated rings. The molecule has 76 valence electrons. The van der Waals surface area contributed by atoms with Crippen molar-refractivity contribution in [2.75, 3.05) is 12.4 Å². The summed E-state index contributed by atoms with van der Waals surface area (Å²) in [5.74, 6) is 0.308. The van der Waals surface area contributed by atoms with Crippen LogP contribution in [0.5, 0.6) is 0 Å². The molecule has 0 aliphatic rings. The summed E-state index contributed by atoms with van der Waals surface area (Å²) >= 11 is 1.02. The Hall–Kier alpha value is -0.350. The number of hydrogen-bond acceptors (Lipinski definition) is 4. The number of hydrogen-bond donors (Lipinski definition) is 1. The molecule has 3 nitrogen and oxygen atoms in total.